The minimum atomic E-state index is 0.264. The minimum Gasteiger partial charge on any atom is -0.373 e. The van der Waals surface area contributed by atoms with Crippen molar-refractivity contribution in [2.45, 2.75) is 39.0 Å². The van der Waals surface area contributed by atoms with Crippen LogP contribution >= 0.6 is 0 Å². The van der Waals surface area contributed by atoms with Crippen molar-refractivity contribution in [1.82, 2.24) is 0 Å². The molecule has 0 aromatic carbocycles. The molecule has 2 aliphatic rings. The van der Waals surface area contributed by atoms with Crippen LogP contribution in [0.25, 0.3) is 0 Å². The Kier molecular flexibility index (Phi) is 4.16. The van der Waals surface area contributed by atoms with E-state index in [1.54, 1.807) is 0 Å². The number of carbonyl (C=O) groups is 1. The van der Waals surface area contributed by atoms with Crippen molar-refractivity contribution in [3.05, 3.63) is 12.2 Å². The second-order valence-corrected chi connectivity index (χ2v) is 5.20. The van der Waals surface area contributed by atoms with Crippen LogP contribution in [0.1, 0.15) is 39.0 Å². The Hall–Kier alpha value is -0.630. The van der Waals surface area contributed by atoms with Crippen molar-refractivity contribution in [1.29, 1.82) is 0 Å². The van der Waals surface area contributed by atoms with Gasteiger partial charge in [-0.05, 0) is 37.0 Å². The third kappa shape index (κ3) is 2.94. The molecule has 0 aromatic rings. The summed E-state index contributed by atoms with van der Waals surface area (Å²) in [6.07, 6.45) is 10.0. The predicted molar refractivity (Wildman–Crippen MR) is 64.2 cm³/mol. The molecule has 2 nitrogen and oxygen atoms in total. The topological polar surface area (TPSA) is 26.3 Å². The predicted octanol–water partition coefficient (Wildman–Crippen LogP) is 2.97. The normalized spacial score (nSPS) is 31.2. The van der Waals surface area contributed by atoms with Crippen LogP contribution in [0, 0.1) is 17.8 Å². The Morgan fingerprint density at radius 1 is 1.38 bits per heavy atom. The van der Waals surface area contributed by atoms with E-state index in [1.165, 1.54) is 12.8 Å². The van der Waals surface area contributed by atoms with Crippen LogP contribution in [0.5, 0.6) is 0 Å². The van der Waals surface area contributed by atoms with Crippen molar-refractivity contribution in [2.24, 2.45) is 17.8 Å². The summed E-state index contributed by atoms with van der Waals surface area (Å²) in [5, 5.41) is 0. The fraction of sp³-hybridized carbons (Fsp3) is 0.786. The standard InChI is InChI=1S/C14H22O2/c1-2-3-4-14(15)10-16-9-13-8-11-5-6-12(13)7-11/h5-6,11-13H,2-4,7-10H2,1H3. The van der Waals surface area contributed by atoms with E-state index in [1.807, 2.05) is 0 Å². The first kappa shape index (κ1) is 11.8. The summed E-state index contributed by atoms with van der Waals surface area (Å²) in [4.78, 5) is 11.4. The van der Waals surface area contributed by atoms with E-state index < -0.39 is 0 Å². The Morgan fingerprint density at radius 3 is 2.88 bits per heavy atom. The molecule has 2 heteroatoms. The molecule has 1 fully saturated rings. The third-order valence-corrected chi connectivity index (χ3v) is 3.82. The average Bonchev–Trinajstić information content (AvgIpc) is 2.88. The van der Waals surface area contributed by atoms with E-state index in [4.69, 9.17) is 4.74 Å². The van der Waals surface area contributed by atoms with Gasteiger partial charge in [-0.3, -0.25) is 4.79 Å². The summed E-state index contributed by atoms with van der Waals surface area (Å²) in [5.41, 5.74) is 0. The van der Waals surface area contributed by atoms with Gasteiger partial charge in [-0.1, -0.05) is 25.5 Å². The van der Waals surface area contributed by atoms with Crippen molar-refractivity contribution in [3.63, 3.8) is 0 Å². The summed E-state index contributed by atoms with van der Waals surface area (Å²) in [7, 11) is 0. The summed E-state index contributed by atoms with van der Waals surface area (Å²) in [5.74, 6) is 2.47. The lowest BCUT2D eigenvalue weighted by atomic mass is 9.95. The third-order valence-electron chi connectivity index (χ3n) is 3.82. The number of fused-ring (bicyclic) bond motifs is 2. The number of hydrogen-bond donors (Lipinski definition) is 0. The van der Waals surface area contributed by atoms with Gasteiger partial charge in [-0.2, -0.15) is 0 Å². The quantitative estimate of drug-likeness (QED) is 0.619. The Bertz CT molecular complexity index is 270. The van der Waals surface area contributed by atoms with Gasteiger partial charge in [0.2, 0.25) is 0 Å². The lowest BCUT2D eigenvalue weighted by Gasteiger charge is -2.17. The van der Waals surface area contributed by atoms with Crippen molar-refractivity contribution < 1.29 is 9.53 Å². The van der Waals surface area contributed by atoms with Crippen LogP contribution < -0.4 is 0 Å². The molecular formula is C14H22O2. The van der Waals surface area contributed by atoms with Gasteiger partial charge < -0.3 is 4.74 Å². The summed E-state index contributed by atoms with van der Waals surface area (Å²) >= 11 is 0. The highest BCUT2D eigenvalue weighted by molar-refractivity contribution is 5.79. The molecule has 0 amide bonds. The molecule has 2 aliphatic carbocycles. The van der Waals surface area contributed by atoms with Crippen LogP contribution in [-0.4, -0.2) is 19.0 Å². The molecule has 1 saturated carbocycles. The number of rotatable bonds is 7. The molecule has 90 valence electrons. The molecule has 0 spiro atoms. The fourth-order valence-corrected chi connectivity index (χ4v) is 2.86. The number of carbonyl (C=O) groups excluding carboxylic acids is 1. The van der Waals surface area contributed by atoms with Crippen LogP contribution in [0.2, 0.25) is 0 Å². The van der Waals surface area contributed by atoms with Gasteiger partial charge in [0.15, 0.2) is 5.78 Å². The van der Waals surface area contributed by atoms with Crippen LogP contribution in [0.3, 0.4) is 0 Å². The first-order valence-electron chi connectivity index (χ1n) is 6.57. The maximum atomic E-state index is 11.4. The molecule has 0 saturated heterocycles. The van der Waals surface area contributed by atoms with Gasteiger partial charge in [0.25, 0.3) is 0 Å². The van der Waals surface area contributed by atoms with Crippen LogP contribution in [0.4, 0.5) is 0 Å². The molecule has 2 bridgehead atoms. The molecule has 0 aromatic heterocycles. The molecule has 3 atom stereocenters. The molecule has 0 heterocycles. The van der Waals surface area contributed by atoms with E-state index in [2.05, 4.69) is 19.1 Å². The number of hydrogen-bond acceptors (Lipinski definition) is 2. The zero-order chi connectivity index (χ0) is 11.4. The van der Waals surface area contributed by atoms with Gasteiger partial charge in [0.1, 0.15) is 6.61 Å². The zero-order valence-electron chi connectivity index (χ0n) is 10.2. The Morgan fingerprint density at radius 2 is 2.25 bits per heavy atom. The first-order chi connectivity index (χ1) is 7.79. The minimum absolute atomic E-state index is 0.264. The molecule has 0 aliphatic heterocycles. The molecular weight excluding hydrogens is 200 g/mol. The SMILES string of the molecule is CCCCC(=O)COCC1CC2C=CC1C2. The monoisotopic (exact) mass is 222 g/mol. The van der Waals surface area contributed by atoms with Gasteiger partial charge in [-0.15, -0.1) is 0 Å². The van der Waals surface area contributed by atoms with Crippen molar-refractivity contribution in [3.8, 4) is 0 Å². The number of ketones is 1. The van der Waals surface area contributed by atoms with E-state index >= 15 is 0 Å². The maximum absolute atomic E-state index is 11.4. The van der Waals surface area contributed by atoms with E-state index in [0.29, 0.717) is 18.9 Å². The van der Waals surface area contributed by atoms with Crippen molar-refractivity contribution in [2.75, 3.05) is 13.2 Å². The molecule has 0 N–H and O–H groups in total. The van der Waals surface area contributed by atoms with Gasteiger partial charge >= 0.3 is 0 Å². The van der Waals surface area contributed by atoms with Crippen LogP contribution in [0.15, 0.2) is 12.2 Å². The Labute approximate surface area is 98.1 Å². The highest BCUT2D eigenvalue weighted by atomic mass is 16.5. The first-order valence-corrected chi connectivity index (χ1v) is 6.57. The lowest BCUT2D eigenvalue weighted by molar-refractivity contribution is -0.124. The number of allylic oxidation sites excluding steroid dienone is 2. The number of Topliss-reactive ketones (excluding diaryl/α,β-unsaturated/α-hetero) is 1. The molecule has 2 rings (SSSR count). The zero-order valence-corrected chi connectivity index (χ0v) is 10.2. The summed E-state index contributed by atoms with van der Waals surface area (Å²) < 4.78 is 5.55. The summed E-state index contributed by atoms with van der Waals surface area (Å²) in [6.45, 7) is 3.22. The lowest BCUT2D eigenvalue weighted by Crippen LogP contribution is -2.17. The number of unbranched alkanes of at least 4 members (excludes halogenated alkanes) is 1. The molecule has 3 unspecified atom stereocenters. The fourth-order valence-electron chi connectivity index (χ4n) is 2.86. The maximum Gasteiger partial charge on any atom is 0.158 e. The highest BCUT2D eigenvalue weighted by Gasteiger charge is 2.35. The summed E-state index contributed by atoms with van der Waals surface area (Å²) in [6, 6.07) is 0. The molecule has 0 radical (unpaired) electrons. The average molecular weight is 222 g/mol. The molecule has 16 heavy (non-hydrogen) atoms. The van der Waals surface area contributed by atoms with Gasteiger partial charge in [0, 0.05) is 6.42 Å². The van der Waals surface area contributed by atoms with E-state index in [9.17, 15) is 4.79 Å². The van der Waals surface area contributed by atoms with E-state index in [0.717, 1.165) is 31.3 Å². The highest BCUT2D eigenvalue weighted by Crippen LogP contribution is 2.43. The van der Waals surface area contributed by atoms with E-state index in [-0.39, 0.29) is 5.78 Å². The largest absolute Gasteiger partial charge is 0.373 e. The second kappa shape index (κ2) is 5.62. The number of ether oxygens (including phenoxy) is 1. The second-order valence-electron chi connectivity index (χ2n) is 5.20. The van der Waals surface area contributed by atoms with Gasteiger partial charge in [-0.25, -0.2) is 0 Å². The van der Waals surface area contributed by atoms with Crippen molar-refractivity contribution >= 4 is 5.78 Å². The Balaban J connectivity index is 1.58. The smallest absolute Gasteiger partial charge is 0.158 e. The van der Waals surface area contributed by atoms with Crippen LogP contribution in [-0.2, 0) is 9.53 Å². The van der Waals surface area contributed by atoms with Gasteiger partial charge in [0.05, 0.1) is 6.61 Å².